The highest BCUT2D eigenvalue weighted by molar-refractivity contribution is 7.99. The number of pyridine rings is 1. The molecule has 1 saturated heterocycles. The summed E-state index contributed by atoms with van der Waals surface area (Å²) in [5.41, 5.74) is -0.782. The van der Waals surface area contributed by atoms with Gasteiger partial charge in [-0.15, -0.1) is 0 Å². The second-order valence-electron chi connectivity index (χ2n) is 4.94. The minimum atomic E-state index is -1.15. The van der Waals surface area contributed by atoms with Crippen LogP contribution in [0.5, 0.6) is 0 Å². The smallest absolute Gasteiger partial charge is 0.330 e. The van der Waals surface area contributed by atoms with E-state index in [1.807, 2.05) is 19.0 Å². The van der Waals surface area contributed by atoms with Crippen LogP contribution in [0.3, 0.4) is 0 Å². The zero-order valence-corrected chi connectivity index (χ0v) is 12.2. The number of carboxylic acid groups (broad SMARTS) is 1. The topological polar surface area (TPSA) is 82.5 Å². The fourth-order valence-electron chi connectivity index (χ4n) is 1.96. The number of carbonyl (C=O) groups is 2. The monoisotopic (exact) mass is 295 g/mol. The first-order valence-electron chi connectivity index (χ1n) is 6.22. The number of nitrogens with zero attached hydrogens (tertiary/aromatic N) is 2. The molecule has 0 spiro atoms. The number of nitrogens with one attached hydrogen (secondary N) is 1. The van der Waals surface area contributed by atoms with Gasteiger partial charge in [-0.05, 0) is 24.3 Å². The maximum absolute atomic E-state index is 12.2. The lowest BCUT2D eigenvalue weighted by molar-refractivity contribution is -0.143. The van der Waals surface area contributed by atoms with E-state index < -0.39 is 17.4 Å². The first kappa shape index (κ1) is 14.6. The predicted octanol–water partition coefficient (Wildman–Crippen LogP) is 0.838. The van der Waals surface area contributed by atoms with E-state index in [4.69, 9.17) is 0 Å². The molecule has 2 heterocycles. The maximum Gasteiger partial charge on any atom is 0.330 e. The van der Waals surface area contributed by atoms with Gasteiger partial charge in [-0.1, -0.05) is 0 Å². The Labute approximate surface area is 121 Å². The fourth-order valence-corrected chi connectivity index (χ4v) is 3.29. The number of carbonyl (C=O) groups excluding carboxylic acids is 1. The largest absolute Gasteiger partial charge is 0.479 e. The third-order valence-corrected chi connectivity index (χ3v) is 4.44. The lowest BCUT2D eigenvalue weighted by atomic mass is 9.98. The Morgan fingerprint density at radius 1 is 1.45 bits per heavy atom. The number of carboxylic acids is 1. The molecule has 1 aliphatic heterocycles. The third kappa shape index (κ3) is 2.87. The van der Waals surface area contributed by atoms with Crippen molar-refractivity contribution in [3.05, 3.63) is 23.9 Å². The molecule has 2 rings (SSSR count). The second kappa shape index (κ2) is 5.70. The van der Waals surface area contributed by atoms with Gasteiger partial charge in [0.2, 0.25) is 0 Å². The molecule has 6 nitrogen and oxygen atoms in total. The van der Waals surface area contributed by atoms with Crippen LogP contribution in [-0.2, 0) is 4.79 Å². The highest BCUT2D eigenvalue weighted by atomic mass is 32.2. The molecule has 1 unspecified atom stereocenters. The van der Waals surface area contributed by atoms with Gasteiger partial charge in [0, 0.05) is 26.0 Å². The molecule has 1 aliphatic rings. The number of aliphatic carboxylic acids is 1. The minimum absolute atomic E-state index is 0.369. The van der Waals surface area contributed by atoms with E-state index in [0.29, 0.717) is 17.7 Å². The Balaban J connectivity index is 2.13. The molecule has 7 heteroatoms. The molecule has 0 bridgehead atoms. The van der Waals surface area contributed by atoms with Gasteiger partial charge in [-0.25, -0.2) is 9.78 Å². The van der Waals surface area contributed by atoms with Crippen molar-refractivity contribution in [1.29, 1.82) is 0 Å². The number of rotatable bonds is 4. The Morgan fingerprint density at radius 3 is 2.65 bits per heavy atom. The molecular weight excluding hydrogens is 278 g/mol. The Kier molecular flexibility index (Phi) is 4.17. The average Bonchev–Trinajstić information content (AvgIpc) is 2.88. The van der Waals surface area contributed by atoms with Gasteiger partial charge < -0.3 is 15.3 Å². The van der Waals surface area contributed by atoms with Crippen molar-refractivity contribution in [2.45, 2.75) is 12.0 Å². The Morgan fingerprint density at radius 2 is 2.20 bits per heavy atom. The second-order valence-corrected chi connectivity index (χ2v) is 6.05. The van der Waals surface area contributed by atoms with E-state index in [1.165, 1.54) is 18.0 Å². The minimum Gasteiger partial charge on any atom is -0.479 e. The fraction of sp³-hybridized carbons (Fsp3) is 0.462. The summed E-state index contributed by atoms with van der Waals surface area (Å²) in [5.74, 6) is 0.508. The van der Waals surface area contributed by atoms with Crippen LogP contribution in [0.15, 0.2) is 18.3 Å². The van der Waals surface area contributed by atoms with Gasteiger partial charge in [-0.3, -0.25) is 4.79 Å². The predicted molar refractivity (Wildman–Crippen MR) is 78.3 cm³/mol. The first-order valence-corrected chi connectivity index (χ1v) is 7.37. The van der Waals surface area contributed by atoms with Crippen LogP contribution in [0.25, 0.3) is 0 Å². The normalized spacial score (nSPS) is 21.5. The number of hydrogen-bond donors (Lipinski definition) is 2. The highest BCUT2D eigenvalue weighted by Crippen LogP contribution is 2.28. The van der Waals surface area contributed by atoms with Gasteiger partial charge in [0.1, 0.15) is 11.4 Å². The summed E-state index contributed by atoms with van der Waals surface area (Å²) < 4.78 is 0. The van der Waals surface area contributed by atoms with E-state index in [9.17, 15) is 14.7 Å². The molecular formula is C13H17N3O3S. The van der Waals surface area contributed by atoms with Crippen molar-refractivity contribution in [2.75, 3.05) is 30.5 Å². The molecule has 1 aromatic rings. The SMILES string of the molecule is CN(C)c1ccc(C(=O)NC2(C(=O)O)CCSC2)cn1. The van der Waals surface area contributed by atoms with Gasteiger partial charge in [0.05, 0.1) is 5.56 Å². The van der Waals surface area contributed by atoms with Gasteiger partial charge >= 0.3 is 5.97 Å². The number of hydrogen-bond acceptors (Lipinski definition) is 5. The molecule has 1 atom stereocenters. The van der Waals surface area contributed by atoms with Crippen LogP contribution >= 0.6 is 11.8 Å². The Bertz CT molecular complexity index is 510. The number of thioether (sulfide) groups is 1. The van der Waals surface area contributed by atoms with E-state index in [1.54, 1.807) is 12.1 Å². The van der Waals surface area contributed by atoms with Crippen molar-refractivity contribution >= 4 is 29.5 Å². The van der Waals surface area contributed by atoms with E-state index >= 15 is 0 Å². The summed E-state index contributed by atoms with van der Waals surface area (Å²) in [6.45, 7) is 0. The molecule has 0 radical (unpaired) electrons. The van der Waals surface area contributed by atoms with Crippen LogP contribution < -0.4 is 10.2 Å². The van der Waals surface area contributed by atoms with E-state index in [2.05, 4.69) is 10.3 Å². The van der Waals surface area contributed by atoms with Crippen LogP contribution in [0.1, 0.15) is 16.8 Å². The molecule has 108 valence electrons. The van der Waals surface area contributed by atoms with Gasteiger partial charge in [0.25, 0.3) is 5.91 Å². The van der Waals surface area contributed by atoms with Crippen molar-refractivity contribution in [3.8, 4) is 0 Å². The lowest BCUT2D eigenvalue weighted by Gasteiger charge is -2.24. The summed E-state index contributed by atoms with van der Waals surface area (Å²) in [4.78, 5) is 29.5. The standard InChI is InChI=1S/C13H17N3O3S/c1-16(2)10-4-3-9(7-14-10)11(17)15-13(12(18)19)5-6-20-8-13/h3-4,7H,5-6,8H2,1-2H3,(H,15,17)(H,18,19). The Hall–Kier alpha value is -1.76. The first-order chi connectivity index (χ1) is 9.44. The molecule has 1 amide bonds. The summed E-state index contributed by atoms with van der Waals surface area (Å²) in [6, 6.07) is 3.38. The zero-order chi connectivity index (χ0) is 14.8. The molecule has 20 heavy (non-hydrogen) atoms. The third-order valence-electron chi connectivity index (χ3n) is 3.25. The summed E-state index contributed by atoms with van der Waals surface area (Å²) in [7, 11) is 3.72. The van der Waals surface area contributed by atoms with Gasteiger partial charge in [-0.2, -0.15) is 11.8 Å². The van der Waals surface area contributed by atoms with Crippen molar-refractivity contribution in [3.63, 3.8) is 0 Å². The maximum atomic E-state index is 12.2. The van der Waals surface area contributed by atoms with Crippen LogP contribution in [0.2, 0.25) is 0 Å². The molecule has 1 fully saturated rings. The summed E-state index contributed by atoms with van der Waals surface area (Å²) in [6.07, 6.45) is 1.91. The molecule has 0 aliphatic carbocycles. The zero-order valence-electron chi connectivity index (χ0n) is 11.4. The lowest BCUT2D eigenvalue weighted by Crippen LogP contribution is -2.54. The van der Waals surface area contributed by atoms with Crippen LogP contribution in [0, 0.1) is 0 Å². The molecule has 0 aromatic carbocycles. The number of anilines is 1. The molecule has 1 aromatic heterocycles. The van der Waals surface area contributed by atoms with Crippen molar-refractivity contribution in [1.82, 2.24) is 10.3 Å². The van der Waals surface area contributed by atoms with Crippen molar-refractivity contribution in [2.24, 2.45) is 0 Å². The van der Waals surface area contributed by atoms with E-state index in [0.717, 1.165) is 11.6 Å². The van der Waals surface area contributed by atoms with E-state index in [-0.39, 0.29) is 0 Å². The van der Waals surface area contributed by atoms with Crippen molar-refractivity contribution < 1.29 is 14.7 Å². The summed E-state index contributed by atoms with van der Waals surface area (Å²) in [5, 5.41) is 12.0. The average molecular weight is 295 g/mol. The molecule has 0 saturated carbocycles. The quantitative estimate of drug-likeness (QED) is 0.856. The van der Waals surface area contributed by atoms with Crippen LogP contribution in [-0.4, -0.2) is 53.1 Å². The number of amides is 1. The van der Waals surface area contributed by atoms with Gasteiger partial charge in [0.15, 0.2) is 0 Å². The van der Waals surface area contributed by atoms with Crippen LogP contribution in [0.4, 0.5) is 5.82 Å². The highest BCUT2D eigenvalue weighted by Gasteiger charge is 2.43. The summed E-state index contributed by atoms with van der Waals surface area (Å²) >= 11 is 1.54. The number of aromatic nitrogens is 1. The molecule has 2 N–H and O–H groups in total.